The van der Waals surface area contributed by atoms with Crippen molar-refractivity contribution in [1.29, 1.82) is 0 Å². The summed E-state index contributed by atoms with van der Waals surface area (Å²) in [6.07, 6.45) is 0.196. The molecule has 21 heavy (non-hydrogen) atoms. The van der Waals surface area contributed by atoms with Crippen molar-refractivity contribution >= 4 is 16.7 Å². The zero-order valence-corrected chi connectivity index (χ0v) is 12.9. The van der Waals surface area contributed by atoms with E-state index in [4.69, 9.17) is 4.74 Å². The van der Waals surface area contributed by atoms with E-state index in [9.17, 15) is 4.79 Å². The van der Waals surface area contributed by atoms with Gasteiger partial charge in [0.2, 0.25) is 0 Å². The maximum Gasteiger partial charge on any atom is 0.261 e. The molecule has 0 aromatic heterocycles. The van der Waals surface area contributed by atoms with Crippen LogP contribution >= 0.6 is 0 Å². The van der Waals surface area contributed by atoms with Gasteiger partial charge in [-0.3, -0.25) is 4.79 Å². The van der Waals surface area contributed by atoms with E-state index in [2.05, 4.69) is 19.2 Å². The van der Waals surface area contributed by atoms with Crippen LogP contribution in [-0.2, 0) is 4.79 Å². The largest absolute Gasteiger partial charge is 0.480 e. The predicted molar refractivity (Wildman–Crippen MR) is 86.5 cm³/mol. The molecule has 3 nitrogen and oxygen atoms in total. The normalized spacial score (nSPS) is 12.4. The fourth-order valence-corrected chi connectivity index (χ4v) is 2.19. The molecule has 0 radical (unpaired) electrons. The van der Waals surface area contributed by atoms with Crippen molar-refractivity contribution in [2.45, 2.75) is 33.3 Å². The quantitative estimate of drug-likeness (QED) is 0.877. The van der Waals surface area contributed by atoms with Crippen LogP contribution in [0.4, 0.5) is 0 Å². The van der Waals surface area contributed by atoms with Gasteiger partial charge in [-0.25, -0.2) is 0 Å². The molecule has 0 saturated carbocycles. The van der Waals surface area contributed by atoms with Crippen LogP contribution in [-0.4, -0.2) is 18.6 Å². The molecule has 0 bridgehead atoms. The Hall–Kier alpha value is -2.03. The fourth-order valence-electron chi connectivity index (χ4n) is 2.19. The van der Waals surface area contributed by atoms with E-state index >= 15 is 0 Å². The Labute approximate surface area is 126 Å². The third-order valence-electron chi connectivity index (χ3n) is 3.37. The number of rotatable bonds is 6. The zero-order valence-electron chi connectivity index (χ0n) is 12.9. The van der Waals surface area contributed by atoms with Crippen molar-refractivity contribution in [3.8, 4) is 5.75 Å². The molecule has 1 amide bonds. The molecule has 1 atom stereocenters. The van der Waals surface area contributed by atoms with Gasteiger partial charge in [-0.2, -0.15) is 0 Å². The molecule has 112 valence electrons. The lowest BCUT2D eigenvalue weighted by Crippen LogP contribution is -2.39. The minimum Gasteiger partial charge on any atom is -0.480 e. The van der Waals surface area contributed by atoms with Gasteiger partial charge < -0.3 is 10.1 Å². The first-order valence-corrected chi connectivity index (χ1v) is 7.54. The third kappa shape index (κ3) is 3.97. The first-order chi connectivity index (χ1) is 10.1. The van der Waals surface area contributed by atoms with E-state index in [0.29, 0.717) is 18.9 Å². The predicted octanol–water partition coefficient (Wildman–Crippen LogP) is 3.77. The summed E-state index contributed by atoms with van der Waals surface area (Å²) in [5, 5.41) is 5.09. The van der Waals surface area contributed by atoms with Crippen LogP contribution in [0.25, 0.3) is 10.8 Å². The highest BCUT2D eigenvalue weighted by Crippen LogP contribution is 2.26. The van der Waals surface area contributed by atoms with Crippen LogP contribution in [0.3, 0.4) is 0 Å². The van der Waals surface area contributed by atoms with Gasteiger partial charge in [0.15, 0.2) is 6.10 Å². The van der Waals surface area contributed by atoms with Crippen LogP contribution in [0.1, 0.15) is 27.2 Å². The van der Waals surface area contributed by atoms with Crippen LogP contribution in [0, 0.1) is 5.92 Å². The summed E-state index contributed by atoms with van der Waals surface area (Å²) in [5.41, 5.74) is 0. The van der Waals surface area contributed by atoms with E-state index in [1.807, 2.05) is 49.4 Å². The summed E-state index contributed by atoms with van der Waals surface area (Å²) in [4.78, 5) is 12.2. The van der Waals surface area contributed by atoms with Crippen LogP contribution in [0.15, 0.2) is 42.5 Å². The smallest absolute Gasteiger partial charge is 0.261 e. The van der Waals surface area contributed by atoms with Crippen LogP contribution < -0.4 is 10.1 Å². The summed E-state index contributed by atoms with van der Waals surface area (Å²) >= 11 is 0. The van der Waals surface area contributed by atoms with Crippen molar-refractivity contribution in [3.63, 3.8) is 0 Å². The summed E-state index contributed by atoms with van der Waals surface area (Å²) in [6.45, 7) is 6.79. The second kappa shape index (κ2) is 7.11. The maximum absolute atomic E-state index is 12.2. The monoisotopic (exact) mass is 285 g/mol. The lowest BCUT2D eigenvalue weighted by atomic mass is 10.1. The molecule has 2 aromatic carbocycles. The van der Waals surface area contributed by atoms with Crippen LogP contribution in [0.2, 0.25) is 0 Å². The number of nitrogens with one attached hydrogen (secondary N) is 1. The Morgan fingerprint density at radius 2 is 1.86 bits per heavy atom. The van der Waals surface area contributed by atoms with Crippen molar-refractivity contribution in [2.75, 3.05) is 6.54 Å². The molecule has 0 saturated heterocycles. The molecule has 2 rings (SSSR count). The molecule has 0 aliphatic rings. The van der Waals surface area contributed by atoms with E-state index in [0.717, 1.165) is 16.5 Å². The van der Waals surface area contributed by atoms with Gasteiger partial charge in [0.25, 0.3) is 5.91 Å². The van der Waals surface area contributed by atoms with Gasteiger partial charge >= 0.3 is 0 Å². The van der Waals surface area contributed by atoms with Gasteiger partial charge in [-0.15, -0.1) is 0 Å². The van der Waals surface area contributed by atoms with E-state index < -0.39 is 6.10 Å². The third-order valence-corrected chi connectivity index (χ3v) is 3.37. The zero-order chi connectivity index (χ0) is 15.2. The van der Waals surface area contributed by atoms with E-state index in [-0.39, 0.29) is 5.91 Å². The molecule has 0 unspecified atom stereocenters. The summed E-state index contributed by atoms with van der Waals surface area (Å²) in [6, 6.07) is 14.0. The van der Waals surface area contributed by atoms with Crippen molar-refractivity contribution < 1.29 is 9.53 Å². The lowest BCUT2D eigenvalue weighted by Gasteiger charge is -2.19. The average Bonchev–Trinajstić information content (AvgIpc) is 2.50. The van der Waals surface area contributed by atoms with Crippen molar-refractivity contribution in [1.82, 2.24) is 5.32 Å². The Balaban J connectivity index is 2.15. The molecule has 0 spiro atoms. The number of carbonyl (C=O) groups excluding carboxylic acids is 1. The van der Waals surface area contributed by atoms with Crippen LogP contribution in [0.5, 0.6) is 5.75 Å². The lowest BCUT2D eigenvalue weighted by molar-refractivity contribution is -0.128. The molecular weight excluding hydrogens is 262 g/mol. The molecule has 1 N–H and O–H groups in total. The highest BCUT2D eigenvalue weighted by Gasteiger charge is 2.19. The Bertz CT molecular complexity index is 602. The SMILES string of the molecule is CC[C@H](Oc1cccc2ccccc12)C(=O)NCC(C)C. The van der Waals surface area contributed by atoms with Gasteiger partial charge in [0, 0.05) is 11.9 Å². The first-order valence-electron chi connectivity index (χ1n) is 7.54. The number of amides is 1. The Kier molecular flexibility index (Phi) is 5.20. The maximum atomic E-state index is 12.2. The van der Waals surface area contributed by atoms with E-state index in [1.54, 1.807) is 0 Å². The average molecular weight is 285 g/mol. The minimum absolute atomic E-state index is 0.0425. The number of carbonyl (C=O) groups is 1. The number of benzene rings is 2. The topological polar surface area (TPSA) is 38.3 Å². The number of hydrogen-bond donors (Lipinski definition) is 1. The van der Waals surface area contributed by atoms with Gasteiger partial charge in [-0.05, 0) is 23.8 Å². The molecule has 3 heteroatoms. The van der Waals surface area contributed by atoms with Gasteiger partial charge in [0.05, 0.1) is 0 Å². The van der Waals surface area contributed by atoms with Gasteiger partial charge in [-0.1, -0.05) is 57.2 Å². The molecule has 0 heterocycles. The van der Waals surface area contributed by atoms with E-state index in [1.165, 1.54) is 0 Å². The summed E-state index contributed by atoms with van der Waals surface area (Å²) < 4.78 is 5.96. The molecule has 0 fully saturated rings. The van der Waals surface area contributed by atoms with Crippen molar-refractivity contribution in [3.05, 3.63) is 42.5 Å². The van der Waals surface area contributed by atoms with Crippen molar-refractivity contribution in [2.24, 2.45) is 5.92 Å². The first kappa shape index (κ1) is 15.4. The van der Waals surface area contributed by atoms with Gasteiger partial charge in [0.1, 0.15) is 5.75 Å². The molecular formula is C18H23NO2. The Morgan fingerprint density at radius 1 is 1.14 bits per heavy atom. The molecule has 0 aliphatic carbocycles. The second-order valence-electron chi connectivity index (χ2n) is 5.63. The summed E-state index contributed by atoms with van der Waals surface area (Å²) in [5.74, 6) is 1.16. The highest BCUT2D eigenvalue weighted by atomic mass is 16.5. The fraction of sp³-hybridized carbons (Fsp3) is 0.389. The standard InChI is InChI=1S/C18H23NO2/c1-4-16(18(20)19-12-13(2)3)21-17-11-7-9-14-8-5-6-10-15(14)17/h5-11,13,16H,4,12H2,1-3H3,(H,19,20)/t16-/m0/s1. The molecule has 0 aliphatic heterocycles. The number of fused-ring (bicyclic) bond motifs is 1. The summed E-state index contributed by atoms with van der Waals surface area (Å²) in [7, 11) is 0. The second-order valence-corrected chi connectivity index (χ2v) is 5.63. The Morgan fingerprint density at radius 3 is 2.57 bits per heavy atom. The minimum atomic E-state index is -0.449. The number of ether oxygens (including phenoxy) is 1. The number of hydrogen-bond acceptors (Lipinski definition) is 2. The highest BCUT2D eigenvalue weighted by molar-refractivity contribution is 5.89. The molecule has 2 aromatic rings.